The summed E-state index contributed by atoms with van der Waals surface area (Å²) in [5.41, 5.74) is -3.43. The van der Waals surface area contributed by atoms with Crippen molar-refractivity contribution in [1.29, 1.82) is 0 Å². The number of hydrogen-bond donors (Lipinski definition) is 1. The smallest absolute Gasteiger partial charge is 0.347 e. The first-order valence-corrected chi connectivity index (χ1v) is 13.0. The SMILES string of the molecule is C[C@@]1(C(=O)N[C@@H](c2cc(F)c(C(F)(F)F)cc2F)C2CC2)CCN1C(=O)c1cccc(S(C)(=O)=O)c1. The quantitative estimate of drug-likeness (QED) is 0.566. The maximum atomic E-state index is 14.7. The van der Waals surface area contributed by atoms with Crippen LogP contribution in [0.15, 0.2) is 41.3 Å². The molecule has 4 rings (SSSR count). The van der Waals surface area contributed by atoms with Gasteiger partial charge in [0.05, 0.1) is 16.5 Å². The predicted molar refractivity (Wildman–Crippen MR) is 119 cm³/mol. The molecule has 1 heterocycles. The maximum Gasteiger partial charge on any atom is 0.419 e. The average Bonchev–Trinajstić information content (AvgIpc) is 3.61. The van der Waals surface area contributed by atoms with Gasteiger partial charge in [0.25, 0.3) is 5.91 Å². The maximum absolute atomic E-state index is 14.7. The fourth-order valence-electron chi connectivity index (χ4n) is 4.33. The van der Waals surface area contributed by atoms with Gasteiger partial charge < -0.3 is 10.2 Å². The number of alkyl halides is 3. The number of nitrogens with zero attached hydrogens (tertiary/aromatic N) is 1. The highest BCUT2D eigenvalue weighted by atomic mass is 32.2. The van der Waals surface area contributed by atoms with Gasteiger partial charge in [-0.3, -0.25) is 9.59 Å². The highest BCUT2D eigenvalue weighted by molar-refractivity contribution is 7.90. The van der Waals surface area contributed by atoms with Crippen molar-refractivity contribution in [3.63, 3.8) is 0 Å². The summed E-state index contributed by atoms with van der Waals surface area (Å²) < 4.78 is 91.4. The molecule has 12 heteroatoms. The van der Waals surface area contributed by atoms with Crippen LogP contribution in [0.3, 0.4) is 0 Å². The van der Waals surface area contributed by atoms with Gasteiger partial charge in [0.2, 0.25) is 5.91 Å². The van der Waals surface area contributed by atoms with Crippen LogP contribution in [-0.4, -0.2) is 43.5 Å². The largest absolute Gasteiger partial charge is 0.419 e. The molecule has 36 heavy (non-hydrogen) atoms. The summed E-state index contributed by atoms with van der Waals surface area (Å²) >= 11 is 0. The number of halogens is 5. The highest BCUT2D eigenvalue weighted by Crippen LogP contribution is 2.44. The van der Waals surface area contributed by atoms with E-state index in [0.717, 1.165) is 6.26 Å². The molecule has 0 bridgehead atoms. The first-order valence-electron chi connectivity index (χ1n) is 11.1. The third-order valence-electron chi connectivity index (χ3n) is 6.77. The Labute approximate surface area is 204 Å². The Balaban J connectivity index is 1.58. The second-order valence-corrected chi connectivity index (χ2v) is 11.4. The van der Waals surface area contributed by atoms with Crippen LogP contribution in [0.5, 0.6) is 0 Å². The van der Waals surface area contributed by atoms with E-state index in [0.29, 0.717) is 18.9 Å². The molecule has 2 aromatic rings. The molecule has 0 spiro atoms. The molecule has 2 aliphatic rings. The minimum Gasteiger partial charge on any atom is -0.347 e. The number of carbonyl (C=O) groups is 2. The van der Waals surface area contributed by atoms with E-state index in [9.17, 15) is 40.0 Å². The topological polar surface area (TPSA) is 83.6 Å². The lowest BCUT2D eigenvalue weighted by atomic mass is 9.84. The molecule has 0 radical (unpaired) electrons. The summed E-state index contributed by atoms with van der Waals surface area (Å²) in [5, 5.41) is 2.62. The van der Waals surface area contributed by atoms with Gasteiger partial charge in [0.15, 0.2) is 9.84 Å². The zero-order valence-electron chi connectivity index (χ0n) is 19.3. The number of rotatable bonds is 6. The van der Waals surface area contributed by atoms with E-state index in [1.165, 1.54) is 36.1 Å². The summed E-state index contributed by atoms with van der Waals surface area (Å²) in [6, 6.07) is 4.85. The molecule has 2 aromatic carbocycles. The Kier molecular flexibility index (Phi) is 6.39. The molecule has 1 aliphatic heterocycles. The van der Waals surface area contributed by atoms with E-state index in [4.69, 9.17) is 0 Å². The first-order chi connectivity index (χ1) is 16.6. The van der Waals surface area contributed by atoms with Crippen LogP contribution in [-0.2, 0) is 20.8 Å². The van der Waals surface area contributed by atoms with E-state index in [2.05, 4.69) is 5.32 Å². The fourth-order valence-corrected chi connectivity index (χ4v) is 5.00. The molecule has 2 fully saturated rings. The monoisotopic (exact) mass is 530 g/mol. The Morgan fingerprint density at radius 2 is 1.78 bits per heavy atom. The molecule has 1 N–H and O–H groups in total. The van der Waals surface area contributed by atoms with Gasteiger partial charge in [-0.1, -0.05) is 6.07 Å². The number of carbonyl (C=O) groups excluding carboxylic acids is 2. The summed E-state index contributed by atoms with van der Waals surface area (Å²) in [4.78, 5) is 27.5. The Morgan fingerprint density at radius 3 is 2.31 bits per heavy atom. The molecule has 1 saturated heterocycles. The van der Waals surface area contributed by atoms with Crippen LogP contribution < -0.4 is 5.32 Å². The summed E-state index contributed by atoms with van der Waals surface area (Å²) in [5.74, 6) is -4.47. The van der Waals surface area contributed by atoms with Crippen LogP contribution in [0.1, 0.15) is 53.7 Å². The minimum absolute atomic E-state index is 0.0613. The highest BCUT2D eigenvalue weighted by Gasteiger charge is 2.51. The Hall–Kier alpha value is -3.02. The lowest BCUT2D eigenvalue weighted by Gasteiger charge is -2.49. The summed E-state index contributed by atoms with van der Waals surface area (Å²) in [7, 11) is -3.57. The van der Waals surface area contributed by atoms with Gasteiger partial charge in [0, 0.05) is 23.9 Å². The molecular formula is C24H23F5N2O4S. The number of sulfone groups is 1. The van der Waals surface area contributed by atoms with Gasteiger partial charge in [-0.25, -0.2) is 17.2 Å². The predicted octanol–water partition coefficient (Wildman–Crippen LogP) is 4.26. The Bertz CT molecular complexity index is 1340. The van der Waals surface area contributed by atoms with Crippen molar-refractivity contribution in [1.82, 2.24) is 10.2 Å². The number of nitrogens with one attached hydrogen (secondary N) is 1. The zero-order chi connectivity index (χ0) is 26.6. The molecule has 1 aliphatic carbocycles. The molecule has 2 amide bonds. The molecular weight excluding hydrogens is 507 g/mol. The van der Waals surface area contributed by atoms with Crippen LogP contribution in [0.25, 0.3) is 0 Å². The van der Waals surface area contributed by atoms with Crippen LogP contribution >= 0.6 is 0 Å². The Morgan fingerprint density at radius 1 is 1.11 bits per heavy atom. The second kappa shape index (κ2) is 8.82. The first kappa shape index (κ1) is 26.1. The molecule has 0 aromatic heterocycles. The number of amides is 2. The van der Waals surface area contributed by atoms with Gasteiger partial charge >= 0.3 is 6.18 Å². The van der Waals surface area contributed by atoms with Gasteiger partial charge in [-0.2, -0.15) is 13.2 Å². The lowest BCUT2D eigenvalue weighted by molar-refractivity contribution is -0.140. The van der Waals surface area contributed by atoms with Crippen LogP contribution in [0.2, 0.25) is 0 Å². The molecule has 1 saturated carbocycles. The molecule has 194 valence electrons. The fraction of sp³-hybridized carbons (Fsp3) is 0.417. The van der Waals surface area contributed by atoms with Crippen molar-refractivity contribution >= 4 is 21.7 Å². The van der Waals surface area contributed by atoms with Crippen LogP contribution in [0.4, 0.5) is 22.0 Å². The van der Waals surface area contributed by atoms with Crippen molar-refractivity contribution in [3.05, 3.63) is 64.7 Å². The number of hydrogen-bond acceptors (Lipinski definition) is 4. The normalized spacial score (nSPS) is 21.0. The zero-order valence-corrected chi connectivity index (χ0v) is 20.1. The second-order valence-electron chi connectivity index (χ2n) is 9.42. The molecule has 6 nitrogen and oxygen atoms in total. The lowest BCUT2D eigenvalue weighted by Crippen LogP contribution is -2.67. The van der Waals surface area contributed by atoms with Crippen molar-refractivity contribution in [3.8, 4) is 0 Å². The number of likely N-dealkylation sites (tertiary alicyclic amines) is 1. The third kappa shape index (κ3) is 4.82. The minimum atomic E-state index is -5.07. The van der Waals surface area contributed by atoms with Gasteiger partial charge in [0.1, 0.15) is 17.2 Å². The third-order valence-corrected chi connectivity index (χ3v) is 7.88. The van der Waals surface area contributed by atoms with E-state index in [-0.39, 0.29) is 35.4 Å². The molecule has 2 atom stereocenters. The van der Waals surface area contributed by atoms with E-state index in [1.54, 1.807) is 0 Å². The van der Waals surface area contributed by atoms with Gasteiger partial charge in [-0.05, 0) is 62.4 Å². The summed E-state index contributed by atoms with van der Waals surface area (Å²) in [6.07, 6.45) is -2.71. The average molecular weight is 531 g/mol. The van der Waals surface area contributed by atoms with E-state index >= 15 is 0 Å². The number of benzene rings is 2. The van der Waals surface area contributed by atoms with Crippen LogP contribution in [0, 0.1) is 17.6 Å². The standard InChI is InChI=1S/C24H23F5N2O4S/c1-23(8-9-31(23)21(32)14-4-3-5-15(10-14)36(2,34)35)22(33)30-20(13-6-7-13)16-11-19(26)17(12-18(16)25)24(27,28)29/h3-5,10-13,20H,6-9H2,1-2H3,(H,30,33)/t20-,23+/m1/s1. The summed E-state index contributed by atoms with van der Waals surface area (Å²) in [6.45, 7) is 1.68. The van der Waals surface area contributed by atoms with Crippen molar-refractivity contribution in [2.45, 2.75) is 48.8 Å². The van der Waals surface area contributed by atoms with Crippen molar-refractivity contribution in [2.24, 2.45) is 5.92 Å². The van der Waals surface area contributed by atoms with E-state index in [1.807, 2.05) is 0 Å². The van der Waals surface area contributed by atoms with Crippen molar-refractivity contribution < 1.29 is 40.0 Å². The van der Waals surface area contributed by atoms with Gasteiger partial charge in [-0.15, -0.1) is 0 Å². The van der Waals surface area contributed by atoms with E-state index < -0.39 is 62.2 Å². The molecule has 0 unspecified atom stereocenters. The van der Waals surface area contributed by atoms with Crippen molar-refractivity contribution in [2.75, 3.05) is 12.8 Å².